The minimum Gasteiger partial charge on any atom is -0.348 e. The van der Waals surface area contributed by atoms with E-state index in [0.29, 0.717) is 11.3 Å². The first-order valence-corrected chi connectivity index (χ1v) is 8.53. The Balaban J connectivity index is 1.76. The molecule has 5 nitrogen and oxygen atoms in total. The molecule has 0 aliphatic heterocycles. The molecular weight excluding hydrogens is 320 g/mol. The van der Waals surface area contributed by atoms with Gasteiger partial charge in [0.05, 0.1) is 16.4 Å². The molecule has 1 aromatic carbocycles. The Labute approximate surface area is 144 Å². The Hall–Kier alpha value is -2.60. The lowest BCUT2D eigenvalue weighted by Gasteiger charge is -2.13. The van der Waals surface area contributed by atoms with Crippen molar-refractivity contribution in [3.8, 4) is 11.3 Å². The van der Waals surface area contributed by atoms with Crippen molar-refractivity contribution in [3.63, 3.8) is 0 Å². The first-order valence-electron chi connectivity index (χ1n) is 7.72. The fourth-order valence-corrected chi connectivity index (χ4v) is 3.31. The number of benzene rings is 1. The van der Waals surface area contributed by atoms with Crippen LogP contribution in [0.15, 0.2) is 48.9 Å². The molecule has 0 unspecified atom stereocenters. The molecule has 0 aliphatic rings. The van der Waals surface area contributed by atoms with Crippen molar-refractivity contribution in [1.82, 2.24) is 20.3 Å². The molecule has 0 aliphatic carbocycles. The highest BCUT2D eigenvalue weighted by Crippen LogP contribution is 2.27. The van der Waals surface area contributed by atoms with Crippen LogP contribution < -0.4 is 5.32 Å². The van der Waals surface area contributed by atoms with Crippen LogP contribution in [0.2, 0.25) is 0 Å². The summed E-state index contributed by atoms with van der Waals surface area (Å²) in [4.78, 5) is 26.1. The molecule has 0 fully saturated rings. The molecule has 3 aromatic rings. The second-order valence-electron chi connectivity index (χ2n) is 5.55. The van der Waals surface area contributed by atoms with E-state index in [1.807, 2.05) is 44.2 Å². The molecule has 2 aromatic heterocycles. The number of aromatic nitrogens is 3. The highest BCUT2D eigenvalue weighted by Gasteiger charge is 2.19. The van der Waals surface area contributed by atoms with E-state index < -0.39 is 0 Å². The zero-order chi connectivity index (χ0) is 16.9. The summed E-state index contributed by atoms with van der Waals surface area (Å²) in [6.45, 7) is 3.87. The molecule has 2 heterocycles. The van der Waals surface area contributed by atoms with E-state index >= 15 is 0 Å². The van der Waals surface area contributed by atoms with Crippen molar-refractivity contribution < 1.29 is 4.79 Å². The van der Waals surface area contributed by atoms with Gasteiger partial charge in [0.1, 0.15) is 4.88 Å². The zero-order valence-corrected chi connectivity index (χ0v) is 14.4. The summed E-state index contributed by atoms with van der Waals surface area (Å²) < 4.78 is 0. The van der Waals surface area contributed by atoms with E-state index in [0.717, 1.165) is 22.0 Å². The van der Waals surface area contributed by atoms with Crippen LogP contribution in [0.25, 0.3) is 11.3 Å². The number of carbonyl (C=O) groups excluding carboxylic acids is 1. The average Bonchev–Trinajstić information content (AvgIpc) is 2.98. The van der Waals surface area contributed by atoms with E-state index in [1.54, 1.807) is 18.6 Å². The van der Waals surface area contributed by atoms with Crippen LogP contribution in [-0.4, -0.2) is 26.9 Å². The van der Waals surface area contributed by atoms with Crippen molar-refractivity contribution in [2.75, 3.05) is 0 Å². The van der Waals surface area contributed by atoms with Crippen molar-refractivity contribution in [1.29, 1.82) is 0 Å². The summed E-state index contributed by atoms with van der Waals surface area (Å²) in [6, 6.07) is 9.74. The van der Waals surface area contributed by atoms with Gasteiger partial charge in [0.15, 0.2) is 0 Å². The van der Waals surface area contributed by atoms with Gasteiger partial charge >= 0.3 is 0 Å². The van der Waals surface area contributed by atoms with Gasteiger partial charge in [-0.2, -0.15) is 0 Å². The largest absolute Gasteiger partial charge is 0.348 e. The molecule has 0 saturated carbocycles. The lowest BCUT2D eigenvalue weighted by Crippen LogP contribution is -2.34. The predicted octanol–water partition coefficient (Wildman–Crippen LogP) is 3.27. The van der Waals surface area contributed by atoms with Crippen molar-refractivity contribution in [2.45, 2.75) is 26.3 Å². The lowest BCUT2D eigenvalue weighted by atomic mass is 10.1. The van der Waals surface area contributed by atoms with Crippen LogP contribution in [0.3, 0.4) is 0 Å². The van der Waals surface area contributed by atoms with E-state index in [1.165, 1.54) is 11.3 Å². The number of carbonyl (C=O) groups is 1. The number of hydrogen-bond donors (Lipinski definition) is 1. The summed E-state index contributed by atoms with van der Waals surface area (Å²) in [5.74, 6) is -0.101. The maximum Gasteiger partial charge on any atom is 0.263 e. The van der Waals surface area contributed by atoms with E-state index in [2.05, 4.69) is 20.3 Å². The maximum atomic E-state index is 12.7. The zero-order valence-electron chi connectivity index (χ0n) is 13.6. The molecule has 1 amide bonds. The number of amides is 1. The summed E-state index contributed by atoms with van der Waals surface area (Å²) in [7, 11) is 0. The molecule has 6 heteroatoms. The molecule has 1 atom stereocenters. The highest BCUT2D eigenvalue weighted by atomic mass is 32.1. The Kier molecular flexibility index (Phi) is 4.96. The van der Waals surface area contributed by atoms with Crippen molar-refractivity contribution >= 4 is 17.2 Å². The van der Waals surface area contributed by atoms with Gasteiger partial charge < -0.3 is 5.32 Å². The van der Waals surface area contributed by atoms with Crippen LogP contribution >= 0.6 is 11.3 Å². The third-order valence-electron chi connectivity index (χ3n) is 3.50. The average molecular weight is 338 g/mol. The van der Waals surface area contributed by atoms with Crippen LogP contribution in [0.4, 0.5) is 0 Å². The second kappa shape index (κ2) is 7.31. The number of aryl methyl sites for hydroxylation is 1. The van der Waals surface area contributed by atoms with Crippen molar-refractivity contribution in [3.05, 3.63) is 64.5 Å². The van der Waals surface area contributed by atoms with Gasteiger partial charge in [0.2, 0.25) is 0 Å². The molecule has 0 spiro atoms. The van der Waals surface area contributed by atoms with Crippen LogP contribution in [-0.2, 0) is 6.42 Å². The standard InChI is InChI=1S/C18H18N4OS/c1-12(10-15-11-19-8-9-20-15)21-18(23)17-16(22-13(2)24-17)14-6-4-3-5-7-14/h3-9,11-12H,10H2,1-2H3,(H,21,23)/t12-/m0/s1. The lowest BCUT2D eigenvalue weighted by molar-refractivity contribution is 0.0944. The summed E-state index contributed by atoms with van der Waals surface area (Å²) >= 11 is 1.41. The fourth-order valence-electron chi connectivity index (χ4n) is 2.46. The van der Waals surface area contributed by atoms with Gasteiger partial charge in [-0.3, -0.25) is 14.8 Å². The molecule has 0 bridgehead atoms. The SMILES string of the molecule is Cc1nc(-c2ccccc2)c(C(=O)N[C@@H](C)Cc2cnccn2)s1. The fraction of sp³-hybridized carbons (Fsp3) is 0.222. The van der Waals surface area contributed by atoms with Gasteiger partial charge in [-0.15, -0.1) is 11.3 Å². The maximum absolute atomic E-state index is 12.7. The molecule has 0 radical (unpaired) electrons. The first-order chi connectivity index (χ1) is 11.6. The summed E-state index contributed by atoms with van der Waals surface area (Å²) in [5, 5.41) is 3.91. The molecule has 1 N–H and O–H groups in total. The minimum absolute atomic E-state index is 0.0415. The molecule has 0 saturated heterocycles. The van der Waals surface area contributed by atoms with Crippen LogP contribution in [0, 0.1) is 6.92 Å². The number of nitrogens with zero attached hydrogens (tertiary/aromatic N) is 3. The molecule has 122 valence electrons. The van der Waals surface area contributed by atoms with E-state index in [-0.39, 0.29) is 11.9 Å². The Bertz CT molecular complexity index is 818. The van der Waals surface area contributed by atoms with Gasteiger partial charge in [0.25, 0.3) is 5.91 Å². The van der Waals surface area contributed by atoms with Crippen LogP contribution in [0.5, 0.6) is 0 Å². The minimum atomic E-state index is -0.101. The quantitative estimate of drug-likeness (QED) is 0.775. The Morgan fingerprint density at radius 1 is 1.25 bits per heavy atom. The number of nitrogens with one attached hydrogen (secondary N) is 1. The Morgan fingerprint density at radius 3 is 2.75 bits per heavy atom. The van der Waals surface area contributed by atoms with Crippen molar-refractivity contribution in [2.24, 2.45) is 0 Å². The topological polar surface area (TPSA) is 67.8 Å². The number of hydrogen-bond acceptors (Lipinski definition) is 5. The highest BCUT2D eigenvalue weighted by molar-refractivity contribution is 7.14. The third kappa shape index (κ3) is 3.83. The monoisotopic (exact) mass is 338 g/mol. The second-order valence-corrected chi connectivity index (χ2v) is 6.76. The van der Waals surface area contributed by atoms with Gasteiger partial charge in [0, 0.05) is 36.6 Å². The normalized spacial score (nSPS) is 11.9. The van der Waals surface area contributed by atoms with Gasteiger partial charge in [-0.1, -0.05) is 30.3 Å². The van der Waals surface area contributed by atoms with E-state index in [9.17, 15) is 4.79 Å². The molecule has 3 rings (SSSR count). The molecular formula is C18H18N4OS. The smallest absolute Gasteiger partial charge is 0.263 e. The summed E-state index contributed by atoms with van der Waals surface area (Å²) in [6.07, 6.45) is 5.65. The first kappa shape index (κ1) is 16.3. The van der Waals surface area contributed by atoms with E-state index in [4.69, 9.17) is 0 Å². The number of thiazole rings is 1. The van der Waals surface area contributed by atoms with Gasteiger partial charge in [-0.05, 0) is 13.8 Å². The van der Waals surface area contributed by atoms with Crippen LogP contribution in [0.1, 0.15) is 27.3 Å². The Morgan fingerprint density at radius 2 is 2.04 bits per heavy atom. The van der Waals surface area contributed by atoms with Gasteiger partial charge in [-0.25, -0.2) is 4.98 Å². The molecule has 24 heavy (non-hydrogen) atoms. The third-order valence-corrected chi connectivity index (χ3v) is 4.47. The summed E-state index contributed by atoms with van der Waals surface area (Å²) in [5.41, 5.74) is 2.55. The number of rotatable bonds is 5. The predicted molar refractivity (Wildman–Crippen MR) is 95.0 cm³/mol.